The third kappa shape index (κ3) is 1140. The van der Waals surface area contributed by atoms with Gasteiger partial charge in [0.2, 0.25) is 0 Å². The molecule has 2 nitrogen and oxygen atoms in total. The molecule has 0 aliphatic rings. The van der Waals surface area contributed by atoms with Crippen LogP contribution < -0.4 is 0 Å². The lowest BCUT2D eigenvalue weighted by Crippen LogP contribution is -2.27. The van der Waals surface area contributed by atoms with E-state index in [-0.39, 0.29) is 0 Å². The first-order valence-electron chi connectivity index (χ1n) is 2.22. The number of thiocyanates is 1. The lowest BCUT2D eigenvalue weighted by Gasteiger charge is -2.14. The molecule has 0 unspecified atom stereocenters. The second kappa shape index (κ2) is 4.82. The summed E-state index contributed by atoms with van der Waals surface area (Å²) in [5.41, 5.74) is 0. The molecule has 0 spiro atoms. The second-order valence-corrected chi connectivity index (χ2v) is 2.96. The summed E-state index contributed by atoms with van der Waals surface area (Å²) in [6.07, 6.45) is 0. The van der Waals surface area contributed by atoms with E-state index in [0.29, 0.717) is 0 Å². The van der Waals surface area contributed by atoms with E-state index in [9.17, 15) is 0 Å². The average Bonchev–Trinajstić information content (AvgIpc) is 1.27. The highest BCUT2D eigenvalue weighted by atomic mass is 32.1. The van der Waals surface area contributed by atoms with E-state index in [0.717, 1.165) is 4.48 Å². The van der Waals surface area contributed by atoms with Gasteiger partial charge in [-0.3, -0.25) is 0 Å². The minimum atomic E-state index is 1.00. The van der Waals surface area contributed by atoms with Gasteiger partial charge in [-0.1, -0.05) is 5.40 Å². The zero-order valence-electron chi connectivity index (χ0n) is 5.80. The van der Waals surface area contributed by atoms with Gasteiger partial charge in [0.25, 0.3) is 0 Å². The fourth-order valence-corrected chi connectivity index (χ4v) is 0. The van der Waals surface area contributed by atoms with E-state index in [1.165, 1.54) is 5.40 Å². The van der Waals surface area contributed by atoms with Crippen LogP contribution in [0, 0.1) is 10.7 Å². The fraction of sp³-hybridized carbons (Fsp3) is 0.800. The number of quaternary nitrogens is 1. The summed E-state index contributed by atoms with van der Waals surface area (Å²) in [6, 6.07) is 0. The van der Waals surface area contributed by atoms with Crippen LogP contribution in [0.3, 0.4) is 0 Å². The van der Waals surface area contributed by atoms with Crippen LogP contribution >= 0.6 is 0 Å². The lowest BCUT2D eigenvalue weighted by molar-refractivity contribution is -0.849. The van der Waals surface area contributed by atoms with Crippen LogP contribution in [0.15, 0.2) is 0 Å². The molecule has 0 saturated heterocycles. The number of hydrogen-bond acceptors (Lipinski definition) is 2. The van der Waals surface area contributed by atoms with Gasteiger partial charge in [-0.15, -0.1) is 0 Å². The summed E-state index contributed by atoms with van der Waals surface area (Å²) in [7, 11) is 8.50. The summed E-state index contributed by atoms with van der Waals surface area (Å²) < 4.78 is 1.00. The molecule has 0 aliphatic carbocycles. The monoisotopic (exact) mass is 132 g/mol. The summed E-state index contributed by atoms with van der Waals surface area (Å²) in [6.45, 7) is 0. The molecule has 0 fully saturated rings. The molecule has 0 atom stereocenters. The summed E-state index contributed by atoms with van der Waals surface area (Å²) >= 11 is 3.70. The molecule has 0 N–H and O–H groups in total. The van der Waals surface area contributed by atoms with Gasteiger partial charge in [0, 0.05) is 0 Å². The molecule has 0 aliphatic heterocycles. The Balaban J connectivity index is 0. The van der Waals surface area contributed by atoms with E-state index >= 15 is 0 Å². The molecule has 0 amide bonds. The van der Waals surface area contributed by atoms with Crippen molar-refractivity contribution in [2.45, 2.75) is 0 Å². The highest BCUT2D eigenvalue weighted by molar-refractivity contribution is 7.64. The van der Waals surface area contributed by atoms with Gasteiger partial charge in [-0.25, -0.2) is 5.26 Å². The maximum absolute atomic E-state index is 7.13. The number of nitriles is 1. The van der Waals surface area contributed by atoms with Crippen LogP contribution in [0.1, 0.15) is 0 Å². The molecule has 0 radical (unpaired) electrons. The molecule has 0 rings (SSSR count). The zero-order chi connectivity index (χ0) is 7.21. The van der Waals surface area contributed by atoms with Crippen molar-refractivity contribution < 1.29 is 4.48 Å². The normalized spacial score (nSPS) is 8.38. The van der Waals surface area contributed by atoms with Crippen molar-refractivity contribution in [1.29, 1.82) is 5.26 Å². The molecule has 0 aromatic carbocycles. The van der Waals surface area contributed by atoms with Crippen LogP contribution in [-0.4, -0.2) is 32.7 Å². The molecule has 8 heavy (non-hydrogen) atoms. The van der Waals surface area contributed by atoms with Gasteiger partial charge < -0.3 is 17.1 Å². The maximum Gasteiger partial charge on any atom is 0.0675 e. The van der Waals surface area contributed by atoms with Crippen molar-refractivity contribution in [3.05, 3.63) is 0 Å². The first kappa shape index (κ1) is 10.6. The fourth-order valence-electron chi connectivity index (χ4n) is 0. The minimum Gasteiger partial charge on any atom is -0.696 e. The smallest absolute Gasteiger partial charge is 0.0675 e. The molecule has 0 saturated carbocycles. The topological polar surface area (TPSA) is 23.8 Å². The first-order chi connectivity index (χ1) is 3.41. The van der Waals surface area contributed by atoms with Crippen molar-refractivity contribution in [2.24, 2.45) is 0 Å². The Morgan fingerprint density at radius 3 is 1.25 bits per heavy atom. The van der Waals surface area contributed by atoms with Crippen molar-refractivity contribution in [3.8, 4) is 5.40 Å². The van der Waals surface area contributed by atoms with Gasteiger partial charge in [-0.05, 0) is 0 Å². The number of hydrogen-bond donors (Lipinski definition) is 0. The third-order valence-electron chi connectivity index (χ3n) is 0. The van der Waals surface area contributed by atoms with Gasteiger partial charge in [0.15, 0.2) is 0 Å². The largest absolute Gasteiger partial charge is 0.696 e. The van der Waals surface area contributed by atoms with E-state index in [4.69, 9.17) is 5.26 Å². The Kier molecular flexibility index (Phi) is 6.39. The predicted octanol–water partition coefficient (Wildman–Crippen LogP) is 0.337. The van der Waals surface area contributed by atoms with Crippen LogP contribution in [0.25, 0.3) is 0 Å². The van der Waals surface area contributed by atoms with E-state index in [2.05, 4.69) is 40.8 Å². The lowest BCUT2D eigenvalue weighted by atomic mass is 10.8. The maximum atomic E-state index is 7.13. The molecular formula is C5H12N2S. The standard InChI is InChI=1S/C4H12N.CHNS/c1-5(2,3)4;2-1-3/h1-4H3;3H/q+1;/p-1. The van der Waals surface area contributed by atoms with Crippen LogP contribution in [0.2, 0.25) is 0 Å². The molecule has 0 aromatic heterocycles. The average molecular weight is 132 g/mol. The Morgan fingerprint density at radius 2 is 1.25 bits per heavy atom. The molecule has 0 bridgehead atoms. The van der Waals surface area contributed by atoms with E-state index in [1.54, 1.807) is 0 Å². The summed E-state index contributed by atoms with van der Waals surface area (Å²) in [5.74, 6) is 0. The number of rotatable bonds is 0. The molecule has 0 heterocycles. The van der Waals surface area contributed by atoms with Crippen molar-refractivity contribution in [2.75, 3.05) is 28.2 Å². The van der Waals surface area contributed by atoms with Crippen LogP contribution in [-0.2, 0) is 12.6 Å². The predicted molar refractivity (Wildman–Crippen MR) is 36.9 cm³/mol. The quantitative estimate of drug-likeness (QED) is 0.269. The third-order valence-corrected chi connectivity index (χ3v) is 0. The Labute approximate surface area is 56.7 Å². The Hall–Kier alpha value is -0.330. The van der Waals surface area contributed by atoms with Gasteiger partial charge in [0.1, 0.15) is 0 Å². The SMILES string of the molecule is C[N+](C)(C)C.N#C[S-]. The van der Waals surface area contributed by atoms with E-state index in [1.807, 2.05) is 0 Å². The van der Waals surface area contributed by atoms with Crippen molar-refractivity contribution in [3.63, 3.8) is 0 Å². The summed E-state index contributed by atoms with van der Waals surface area (Å²) in [4.78, 5) is 0. The molecule has 48 valence electrons. The van der Waals surface area contributed by atoms with E-state index < -0.39 is 0 Å². The molecule has 3 heteroatoms. The summed E-state index contributed by atoms with van der Waals surface area (Å²) in [5, 5.41) is 8.47. The molecular weight excluding hydrogens is 120 g/mol. The number of nitrogens with zero attached hydrogens (tertiary/aromatic N) is 2. The van der Waals surface area contributed by atoms with Gasteiger partial charge >= 0.3 is 0 Å². The highest BCUT2D eigenvalue weighted by Gasteiger charge is 1.88. The first-order valence-corrected chi connectivity index (χ1v) is 2.62. The Morgan fingerprint density at radius 1 is 1.25 bits per heavy atom. The van der Waals surface area contributed by atoms with Crippen molar-refractivity contribution >= 4 is 12.6 Å². The van der Waals surface area contributed by atoms with Crippen molar-refractivity contribution in [1.82, 2.24) is 0 Å². The highest BCUT2D eigenvalue weighted by Crippen LogP contribution is 1.73. The van der Waals surface area contributed by atoms with Crippen LogP contribution in [0.5, 0.6) is 0 Å². The minimum absolute atomic E-state index is 1.00. The zero-order valence-corrected chi connectivity index (χ0v) is 6.62. The second-order valence-electron chi connectivity index (χ2n) is 2.77. The Bertz CT molecular complexity index is 71.4. The molecule has 0 aromatic rings. The van der Waals surface area contributed by atoms with Gasteiger partial charge in [-0.2, -0.15) is 0 Å². The van der Waals surface area contributed by atoms with Gasteiger partial charge in [0.05, 0.1) is 28.2 Å². The van der Waals surface area contributed by atoms with Crippen LogP contribution in [0.4, 0.5) is 0 Å².